The van der Waals surface area contributed by atoms with Gasteiger partial charge in [-0.15, -0.1) is 0 Å². The molecule has 0 saturated heterocycles. The van der Waals surface area contributed by atoms with Gasteiger partial charge < -0.3 is 4.74 Å². The minimum atomic E-state index is -0.0481. The van der Waals surface area contributed by atoms with Gasteiger partial charge in [0.25, 0.3) is 0 Å². The Morgan fingerprint density at radius 2 is 2.00 bits per heavy atom. The number of ether oxygens (including phenoxy) is 1. The molecule has 1 heterocycles. The van der Waals surface area contributed by atoms with Gasteiger partial charge in [-0.1, -0.05) is 25.4 Å². The third kappa shape index (κ3) is 1.44. The number of rotatable bonds is 1. The van der Waals surface area contributed by atoms with E-state index in [9.17, 15) is 0 Å². The van der Waals surface area contributed by atoms with Crippen LogP contribution in [0.5, 0.6) is 5.75 Å². The summed E-state index contributed by atoms with van der Waals surface area (Å²) in [5, 5.41) is 0.698. The van der Waals surface area contributed by atoms with Gasteiger partial charge >= 0.3 is 0 Å². The van der Waals surface area contributed by atoms with Crippen molar-refractivity contribution in [3.8, 4) is 5.75 Å². The van der Waals surface area contributed by atoms with Crippen LogP contribution in [0.15, 0.2) is 17.1 Å². The number of halogens is 1. The van der Waals surface area contributed by atoms with Crippen LogP contribution < -0.4 is 4.74 Å². The summed E-state index contributed by atoms with van der Waals surface area (Å²) in [6.45, 7) is 6.33. The van der Waals surface area contributed by atoms with Crippen LogP contribution in [0.4, 0.5) is 5.69 Å². The zero-order chi connectivity index (χ0) is 11.2. The fourth-order valence-electron chi connectivity index (χ4n) is 1.82. The Morgan fingerprint density at radius 1 is 1.33 bits per heavy atom. The van der Waals surface area contributed by atoms with Crippen LogP contribution in [0.1, 0.15) is 26.3 Å². The summed E-state index contributed by atoms with van der Waals surface area (Å²) in [5.74, 6) is 0.752. The van der Waals surface area contributed by atoms with E-state index in [-0.39, 0.29) is 5.41 Å². The van der Waals surface area contributed by atoms with Gasteiger partial charge in [0.1, 0.15) is 11.4 Å². The maximum absolute atomic E-state index is 6.05. The van der Waals surface area contributed by atoms with Crippen molar-refractivity contribution in [2.24, 2.45) is 4.99 Å². The number of methoxy groups -OCH3 is 1. The highest BCUT2D eigenvalue weighted by Crippen LogP contribution is 2.46. The molecule has 0 N–H and O–H groups in total. The maximum Gasteiger partial charge on any atom is 0.146 e. The van der Waals surface area contributed by atoms with Gasteiger partial charge in [-0.2, -0.15) is 0 Å². The second-order valence-electron chi connectivity index (χ2n) is 4.33. The first-order valence-corrected chi connectivity index (χ1v) is 5.28. The molecule has 2 rings (SSSR count). The van der Waals surface area contributed by atoms with Crippen LogP contribution in [0.2, 0.25) is 5.02 Å². The topological polar surface area (TPSA) is 21.6 Å². The van der Waals surface area contributed by atoms with E-state index < -0.39 is 0 Å². The summed E-state index contributed by atoms with van der Waals surface area (Å²) >= 11 is 6.05. The highest BCUT2D eigenvalue weighted by molar-refractivity contribution is 6.31. The Kier molecular flexibility index (Phi) is 2.27. The van der Waals surface area contributed by atoms with Crippen LogP contribution >= 0.6 is 11.6 Å². The first kappa shape index (κ1) is 10.5. The molecule has 1 aliphatic heterocycles. The zero-order valence-corrected chi connectivity index (χ0v) is 10.1. The monoisotopic (exact) mass is 223 g/mol. The smallest absolute Gasteiger partial charge is 0.146 e. The van der Waals surface area contributed by atoms with E-state index in [1.54, 1.807) is 13.2 Å². The lowest BCUT2D eigenvalue weighted by atomic mass is 9.82. The van der Waals surface area contributed by atoms with E-state index in [4.69, 9.17) is 16.3 Å². The minimum absolute atomic E-state index is 0.0481. The maximum atomic E-state index is 6.05. The van der Waals surface area contributed by atoms with E-state index in [2.05, 4.69) is 18.8 Å². The highest BCUT2D eigenvalue weighted by atomic mass is 35.5. The predicted molar refractivity (Wildman–Crippen MR) is 63.8 cm³/mol. The summed E-state index contributed by atoms with van der Waals surface area (Å²) in [5.41, 5.74) is 3.11. The molecular weight excluding hydrogens is 210 g/mol. The first-order valence-electron chi connectivity index (χ1n) is 4.90. The SMILES string of the molecule is COc1cc(Cl)cc2c1N=C(C)C2(C)C. The first-order chi connectivity index (χ1) is 6.96. The number of fused-ring (bicyclic) bond motifs is 1. The molecule has 1 aromatic carbocycles. The fourth-order valence-corrected chi connectivity index (χ4v) is 2.03. The summed E-state index contributed by atoms with van der Waals surface area (Å²) in [4.78, 5) is 4.55. The van der Waals surface area contributed by atoms with E-state index in [0.717, 1.165) is 22.7 Å². The highest BCUT2D eigenvalue weighted by Gasteiger charge is 2.34. The van der Waals surface area contributed by atoms with Crippen molar-refractivity contribution in [1.82, 2.24) is 0 Å². The Labute approximate surface area is 94.9 Å². The largest absolute Gasteiger partial charge is 0.494 e. The fraction of sp³-hybridized carbons (Fsp3) is 0.417. The molecule has 0 spiro atoms. The molecule has 1 aliphatic rings. The number of aliphatic imine (C=N–C) groups is 1. The molecule has 0 radical (unpaired) electrons. The van der Waals surface area contributed by atoms with Gasteiger partial charge in [-0.3, -0.25) is 4.99 Å². The summed E-state index contributed by atoms with van der Waals surface area (Å²) in [6, 6.07) is 3.78. The average Bonchev–Trinajstić information content (AvgIpc) is 2.39. The van der Waals surface area contributed by atoms with Gasteiger partial charge in [-0.25, -0.2) is 0 Å². The molecule has 0 saturated carbocycles. The molecule has 2 nitrogen and oxygen atoms in total. The van der Waals surface area contributed by atoms with E-state index in [0.29, 0.717) is 5.02 Å². The van der Waals surface area contributed by atoms with Crippen molar-refractivity contribution in [2.45, 2.75) is 26.2 Å². The zero-order valence-electron chi connectivity index (χ0n) is 9.39. The average molecular weight is 224 g/mol. The van der Waals surface area contributed by atoms with Crippen LogP contribution in [-0.2, 0) is 5.41 Å². The second kappa shape index (κ2) is 3.24. The van der Waals surface area contributed by atoms with E-state index in [1.807, 2.05) is 13.0 Å². The van der Waals surface area contributed by atoms with Gasteiger partial charge in [0.15, 0.2) is 0 Å². The summed E-state index contributed by atoms with van der Waals surface area (Å²) in [6.07, 6.45) is 0. The van der Waals surface area contributed by atoms with Crippen molar-refractivity contribution >= 4 is 23.0 Å². The number of nitrogens with zero attached hydrogens (tertiary/aromatic N) is 1. The molecule has 15 heavy (non-hydrogen) atoms. The molecule has 0 fully saturated rings. The normalized spacial score (nSPS) is 17.3. The molecule has 0 amide bonds. The standard InChI is InChI=1S/C12H14ClNO/c1-7-12(2,3)9-5-8(13)6-10(15-4)11(9)14-7/h5-6H,1-4H3. The molecule has 0 aliphatic carbocycles. The van der Waals surface area contributed by atoms with Crippen LogP contribution in [0.3, 0.4) is 0 Å². The molecule has 0 aromatic heterocycles. The number of hydrogen-bond acceptors (Lipinski definition) is 2. The van der Waals surface area contributed by atoms with Crippen LogP contribution in [0, 0.1) is 0 Å². The molecule has 0 unspecified atom stereocenters. The third-order valence-corrected chi connectivity index (χ3v) is 3.34. The summed E-state index contributed by atoms with van der Waals surface area (Å²) < 4.78 is 5.29. The lowest BCUT2D eigenvalue weighted by molar-refractivity contribution is 0.416. The number of benzene rings is 1. The lowest BCUT2D eigenvalue weighted by Crippen LogP contribution is -2.22. The van der Waals surface area contributed by atoms with Gasteiger partial charge in [0.05, 0.1) is 7.11 Å². The van der Waals surface area contributed by atoms with Gasteiger partial charge in [-0.05, 0) is 18.6 Å². The van der Waals surface area contributed by atoms with Crippen molar-refractivity contribution in [3.63, 3.8) is 0 Å². The molecule has 3 heteroatoms. The molecule has 0 atom stereocenters. The molecular formula is C12H14ClNO. The van der Waals surface area contributed by atoms with Gasteiger partial charge in [0.2, 0.25) is 0 Å². The molecule has 1 aromatic rings. The van der Waals surface area contributed by atoms with E-state index >= 15 is 0 Å². The Balaban J connectivity index is 2.71. The van der Waals surface area contributed by atoms with Crippen molar-refractivity contribution in [3.05, 3.63) is 22.7 Å². The quantitative estimate of drug-likeness (QED) is 0.711. The van der Waals surface area contributed by atoms with E-state index in [1.165, 1.54) is 0 Å². The van der Waals surface area contributed by atoms with Crippen molar-refractivity contribution < 1.29 is 4.74 Å². The summed E-state index contributed by atoms with van der Waals surface area (Å²) in [7, 11) is 1.64. The Hall–Kier alpha value is -1.02. The minimum Gasteiger partial charge on any atom is -0.494 e. The Bertz CT molecular complexity index is 449. The van der Waals surface area contributed by atoms with Gasteiger partial charge in [0, 0.05) is 22.2 Å². The lowest BCUT2D eigenvalue weighted by Gasteiger charge is -2.20. The predicted octanol–water partition coefficient (Wildman–Crippen LogP) is 3.73. The van der Waals surface area contributed by atoms with Crippen LogP contribution in [0.25, 0.3) is 0 Å². The third-order valence-electron chi connectivity index (χ3n) is 3.12. The van der Waals surface area contributed by atoms with Crippen molar-refractivity contribution in [1.29, 1.82) is 0 Å². The van der Waals surface area contributed by atoms with Crippen molar-refractivity contribution in [2.75, 3.05) is 7.11 Å². The van der Waals surface area contributed by atoms with Crippen LogP contribution in [-0.4, -0.2) is 12.8 Å². The second-order valence-corrected chi connectivity index (χ2v) is 4.76. The molecule has 80 valence electrons. The Morgan fingerprint density at radius 3 is 2.60 bits per heavy atom. The molecule has 0 bridgehead atoms. The number of hydrogen-bond donors (Lipinski definition) is 0.